The van der Waals surface area contributed by atoms with Crippen molar-refractivity contribution < 1.29 is 0 Å². The normalized spacial score (nSPS) is 21.8. The number of hydrogen-bond donors (Lipinski definition) is 1. The highest BCUT2D eigenvalue weighted by atomic mass is 32.1. The van der Waals surface area contributed by atoms with Gasteiger partial charge in [0.2, 0.25) is 0 Å². The second-order valence-electron chi connectivity index (χ2n) is 5.27. The molecule has 0 heterocycles. The Morgan fingerprint density at radius 1 is 1.19 bits per heavy atom. The van der Waals surface area contributed by atoms with E-state index in [0.717, 1.165) is 17.6 Å². The third kappa shape index (κ3) is 3.09. The first-order chi connectivity index (χ1) is 7.79. The molecule has 2 aliphatic rings. The Labute approximate surface area is 105 Å². The van der Waals surface area contributed by atoms with Crippen LogP contribution in [-0.4, -0.2) is 29.1 Å². The van der Waals surface area contributed by atoms with Gasteiger partial charge in [0.15, 0.2) is 5.11 Å². The van der Waals surface area contributed by atoms with Gasteiger partial charge in [-0.1, -0.05) is 19.3 Å². The molecule has 92 valence electrons. The third-order valence-electron chi connectivity index (χ3n) is 4.06. The summed E-state index contributed by atoms with van der Waals surface area (Å²) in [5.74, 6) is 0.906. The van der Waals surface area contributed by atoms with Crippen LogP contribution in [0.15, 0.2) is 0 Å². The molecular formula is C13H24N2S. The van der Waals surface area contributed by atoms with Crippen molar-refractivity contribution in [2.75, 3.05) is 13.1 Å². The number of rotatable bonds is 4. The summed E-state index contributed by atoms with van der Waals surface area (Å²) in [6, 6.07) is 0.656. The molecule has 2 nitrogen and oxygen atoms in total. The Bertz CT molecular complexity index is 232. The standard InChI is InChI=1S/C13H24N2S/c1-2-15(10-11-6-5-7-11)13(16)14-12-8-3-4-9-12/h11-12H,2-10H2,1H3,(H,14,16). The fourth-order valence-electron chi connectivity index (χ4n) is 2.68. The monoisotopic (exact) mass is 240 g/mol. The molecule has 0 atom stereocenters. The summed E-state index contributed by atoms with van der Waals surface area (Å²) in [6.07, 6.45) is 9.59. The predicted molar refractivity (Wildman–Crippen MR) is 72.6 cm³/mol. The molecule has 0 saturated heterocycles. The van der Waals surface area contributed by atoms with Gasteiger partial charge in [-0.25, -0.2) is 0 Å². The molecule has 2 aliphatic carbocycles. The van der Waals surface area contributed by atoms with Crippen LogP contribution in [0.25, 0.3) is 0 Å². The summed E-state index contributed by atoms with van der Waals surface area (Å²) in [4.78, 5) is 2.36. The predicted octanol–water partition coefficient (Wildman–Crippen LogP) is 2.93. The first-order valence-corrected chi connectivity index (χ1v) is 7.26. The Morgan fingerprint density at radius 3 is 2.38 bits per heavy atom. The quantitative estimate of drug-likeness (QED) is 0.761. The molecule has 0 aliphatic heterocycles. The minimum absolute atomic E-state index is 0.656. The van der Waals surface area contributed by atoms with Crippen LogP contribution >= 0.6 is 12.2 Å². The van der Waals surface area contributed by atoms with Crippen molar-refractivity contribution >= 4 is 17.3 Å². The Morgan fingerprint density at radius 2 is 1.88 bits per heavy atom. The van der Waals surface area contributed by atoms with E-state index in [9.17, 15) is 0 Å². The molecular weight excluding hydrogens is 216 g/mol. The molecule has 3 heteroatoms. The van der Waals surface area contributed by atoms with Gasteiger partial charge in [-0.05, 0) is 50.7 Å². The first kappa shape index (κ1) is 12.2. The van der Waals surface area contributed by atoms with Crippen molar-refractivity contribution in [3.8, 4) is 0 Å². The summed E-state index contributed by atoms with van der Waals surface area (Å²) in [5, 5.41) is 4.54. The van der Waals surface area contributed by atoms with Gasteiger partial charge in [-0.15, -0.1) is 0 Å². The van der Waals surface area contributed by atoms with E-state index in [1.807, 2.05) is 0 Å². The molecule has 1 N–H and O–H groups in total. The molecule has 0 aromatic heterocycles. The molecule has 2 saturated carbocycles. The second kappa shape index (κ2) is 5.85. The number of hydrogen-bond acceptors (Lipinski definition) is 1. The molecule has 0 radical (unpaired) electrons. The van der Waals surface area contributed by atoms with E-state index >= 15 is 0 Å². The highest BCUT2D eigenvalue weighted by Gasteiger charge is 2.23. The van der Waals surface area contributed by atoms with Crippen molar-refractivity contribution in [2.45, 2.75) is 57.9 Å². The third-order valence-corrected chi connectivity index (χ3v) is 4.43. The summed E-state index contributed by atoms with van der Waals surface area (Å²) in [6.45, 7) is 4.44. The maximum absolute atomic E-state index is 5.52. The van der Waals surface area contributed by atoms with Crippen molar-refractivity contribution in [3.63, 3.8) is 0 Å². The van der Waals surface area contributed by atoms with Gasteiger partial charge < -0.3 is 10.2 Å². The van der Waals surface area contributed by atoms with E-state index in [-0.39, 0.29) is 0 Å². The van der Waals surface area contributed by atoms with Gasteiger partial charge in [0, 0.05) is 19.1 Å². The highest BCUT2D eigenvalue weighted by molar-refractivity contribution is 7.80. The summed E-state index contributed by atoms with van der Waals surface area (Å²) in [7, 11) is 0. The van der Waals surface area contributed by atoms with Gasteiger partial charge in [0.25, 0.3) is 0 Å². The van der Waals surface area contributed by atoms with Crippen LogP contribution in [0.5, 0.6) is 0 Å². The minimum Gasteiger partial charge on any atom is -0.360 e. The van der Waals surface area contributed by atoms with Crippen molar-refractivity contribution in [1.82, 2.24) is 10.2 Å². The summed E-state index contributed by atoms with van der Waals surface area (Å²) < 4.78 is 0. The SMILES string of the molecule is CCN(CC1CCC1)C(=S)NC1CCCC1. The topological polar surface area (TPSA) is 15.3 Å². The van der Waals surface area contributed by atoms with E-state index in [4.69, 9.17) is 12.2 Å². The highest BCUT2D eigenvalue weighted by Crippen LogP contribution is 2.27. The average Bonchev–Trinajstić information content (AvgIpc) is 2.69. The van der Waals surface area contributed by atoms with Crippen LogP contribution in [0.1, 0.15) is 51.9 Å². The zero-order valence-corrected chi connectivity index (χ0v) is 11.2. The average molecular weight is 240 g/mol. The molecule has 2 rings (SSSR count). The fraction of sp³-hybridized carbons (Fsp3) is 0.923. The van der Waals surface area contributed by atoms with Crippen LogP contribution in [0.2, 0.25) is 0 Å². The number of nitrogens with zero attached hydrogens (tertiary/aromatic N) is 1. The van der Waals surface area contributed by atoms with Gasteiger partial charge >= 0.3 is 0 Å². The van der Waals surface area contributed by atoms with E-state index in [1.54, 1.807) is 0 Å². The van der Waals surface area contributed by atoms with Crippen LogP contribution < -0.4 is 5.32 Å². The number of nitrogens with one attached hydrogen (secondary N) is 1. The van der Waals surface area contributed by atoms with Crippen LogP contribution in [0.3, 0.4) is 0 Å². The largest absolute Gasteiger partial charge is 0.360 e. The van der Waals surface area contributed by atoms with Gasteiger partial charge in [-0.3, -0.25) is 0 Å². The fourth-order valence-corrected chi connectivity index (χ4v) is 3.05. The lowest BCUT2D eigenvalue weighted by Gasteiger charge is -2.34. The Hall–Kier alpha value is -0.310. The van der Waals surface area contributed by atoms with Crippen LogP contribution in [0.4, 0.5) is 0 Å². The molecule has 16 heavy (non-hydrogen) atoms. The maximum atomic E-state index is 5.52. The zero-order chi connectivity index (χ0) is 11.4. The first-order valence-electron chi connectivity index (χ1n) is 6.85. The summed E-state index contributed by atoms with van der Waals surface area (Å²) in [5.41, 5.74) is 0. The lowest BCUT2D eigenvalue weighted by molar-refractivity contribution is 0.242. The molecule has 0 unspecified atom stereocenters. The van der Waals surface area contributed by atoms with E-state index in [0.29, 0.717) is 6.04 Å². The van der Waals surface area contributed by atoms with Gasteiger partial charge in [0.1, 0.15) is 0 Å². The van der Waals surface area contributed by atoms with E-state index in [2.05, 4.69) is 17.1 Å². The maximum Gasteiger partial charge on any atom is 0.169 e. The van der Waals surface area contributed by atoms with Crippen molar-refractivity contribution in [1.29, 1.82) is 0 Å². The van der Waals surface area contributed by atoms with E-state index < -0.39 is 0 Å². The van der Waals surface area contributed by atoms with Crippen molar-refractivity contribution in [3.05, 3.63) is 0 Å². The molecule has 0 aromatic carbocycles. The molecule has 0 bridgehead atoms. The number of thiocarbonyl (C=S) groups is 1. The van der Waals surface area contributed by atoms with Crippen LogP contribution in [-0.2, 0) is 0 Å². The lowest BCUT2D eigenvalue weighted by Crippen LogP contribution is -2.46. The summed E-state index contributed by atoms with van der Waals surface area (Å²) >= 11 is 5.52. The van der Waals surface area contributed by atoms with Gasteiger partial charge in [0.05, 0.1) is 0 Å². The van der Waals surface area contributed by atoms with Crippen molar-refractivity contribution in [2.24, 2.45) is 5.92 Å². The molecule has 0 aromatic rings. The zero-order valence-electron chi connectivity index (χ0n) is 10.4. The molecule has 0 amide bonds. The van der Waals surface area contributed by atoms with Gasteiger partial charge in [-0.2, -0.15) is 0 Å². The molecule has 0 spiro atoms. The smallest absolute Gasteiger partial charge is 0.169 e. The van der Waals surface area contributed by atoms with E-state index in [1.165, 1.54) is 51.5 Å². The Kier molecular flexibility index (Phi) is 4.45. The Balaban J connectivity index is 1.75. The minimum atomic E-state index is 0.656. The molecule has 2 fully saturated rings. The lowest BCUT2D eigenvalue weighted by atomic mass is 9.85. The van der Waals surface area contributed by atoms with Crippen LogP contribution in [0, 0.1) is 5.92 Å². The second-order valence-corrected chi connectivity index (χ2v) is 5.65.